The molecule has 0 spiro atoms. The number of likely N-dealkylation sites (tertiary alicyclic amines) is 1. The first kappa shape index (κ1) is 17.6. The average molecular weight is 339 g/mol. The number of anilines is 1. The fourth-order valence-electron chi connectivity index (χ4n) is 3.22. The number of aliphatic hydroxyl groups excluding tert-OH is 1. The number of aromatic nitrogens is 1. The van der Waals surface area contributed by atoms with Gasteiger partial charge in [0.25, 0.3) is 5.91 Å². The zero-order chi connectivity index (χ0) is 17.6. The van der Waals surface area contributed by atoms with E-state index in [1.165, 1.54) is 5.56 Å². The zero-order valence-corrected chi connectivity index (χ0v) is 14.6. The maximum Gasteiger partial charge on any atom is 0.257 e. The van der Waals surface area contributed by atoms with Crippen molar-refractivity contribution < 1.29 is 9.90 Å². The molecular weight excluding hydrogens is 314 g/mol. The second-order valence-corrected chi connectivity index (χ2v) is 6.81. The van der Waals surface area contributed by atoms with Crippen LogP contribution in [0.25, 0.3) is 0 Å². The Morgan fingerprint density at radius 2 is 2.08 bits per heavy atom. The van der Waals surface area contributed by atoms with Crippen LogP contribution in [-0.2, 0) is 6.54 Å². The summed E-state index contributed by atoms with van der Waals surface area (Å²) in [6.45, 7) is 5.11. The van der Waals surface area contributed by atoms with E-state index in [4.69, 9.17) is 0 Å². The van der Waals surface area contributed by atoms with E-state index in [1.54, 1.807) is 12.4 Å². The van der Waals surface area contributed by atoms with Crippen LogP contribution in [0.1, 0.15) is 34.3 Å². The smallest absolute Gasteiger partial charge is 0.257 e. The van der Waals surface area contributed by atoms with Crippen LogP contribution in [0.2, 0.25) is 0 Å². The van der Waals surface area contributed by atoms with Crippen molar-refractivity contribution in [2.75, 3.05) is 25.0 Å². The van der Waals surface area contributed by atoms with Crippen molar-refractivity contribution in [3.63, 3.8) is 0 Å². The summed E-state index contributed by atoms with van der Waals surface area (Å²) < 4.78 is 0. The van der Waals surface area contributed by atoms with Gasteiger partial charge in [-0.3, -0.25) is 14.7 Å². The van der Waals surface area contributed by atoms with Gasteiger partial charge in [-0.1, -0.05) is 12.1 Å². The Morgan fingerprint density at radius 1 is 1.28 bits per heavy atom. The van der Waals surface area contributed by atoms with E-state index < -0.39 is 0 Å². The number of pyridine rings is 1. The number of benzene rings is 1. The summed E-state index contributed by atoms with van der Waals surface area (Å²) in [7, 11) is 0. The molecule has 1 aliphatic rings. The lowest BCUT2D eigenvalue weighted by atomic mass is 9.97. The lowest BCUT2D eigenvalue weighted by Crippen LogP contribution is -2.34. The molecule has 5 heteroatoms. The number of rotatable bonds is 5. The molecule has 1 aromatic heterocycles. The minimum atomic E-state index is -0.142. The third-order valence-corrected chi connectivity index (χ3v) is 4.69. The highest BCUT2D eigenvalue weighted by Gasteiger charge is 2.18. The van der Waals surface area contributed by atoms with E-state index >= 15 is 0 Å². The molecule has 3 rings (SSSR count). The molecule has 0 atom stereocenters. The summed E-state index contributed by atoms with van der Waals surface area (Å²) in [5.41, 5.74) is 3.51. The van der Waals surface area contributed by atoms with Gasteiger partial charge in [-0.05, 0) is 68.1 Å². The molecule has 2 N–H and O–H groups in total. The van der Waals surface area contributed by atoms with Gasteiger partial charge in [0, 0.05) is 31.2 Å². The van der Waals surface area contributed by atoms with Crippen molar-refractivity contribution in [1.29, 1.82) is 0 Å². The van der Waals surface area contributed by atoms with Gasteiger partial charge >= 0.3 is 0 Å². The summed E-state index contributed by atoms with van der Waals surface area (Å²) >= 11 is 0. The minimum Gasteiger partial charge on any atom is -0.396 e. The highest BCUT2D eigenvalue weighted by Crippen LogP contribution is 2.20. The first-order valence-electron chi connectivity index (χ1n) is 8.79. The molecule has 132 valence electrons. The SMILES string of the molecule is Cc1cncc(C(=O)Nc2cccc(CN3CCC(CO)CC3)c2)c1. The van der Waals surface area contributed by atoms with Crippen molar-refractivity contribution in [2.45, 2.75) is 26.3 Å². The van der Waals surface area contributed by atoms with Crippen LogP contribution in [0.5, 0.6) is 0 Å². The quantitative estimate of drug-likeness (QED) is 0.879. The Morgan fingerprint density at radius 3 is 2.80 bits per heavy atom. The molecule has 1 aliphatic heterocycles. The van der Waals surface area contributed by atoms with E-state index in [9.17, 15) is 9.90 Å². The van der Waals surface area contributed by atoms with Gasteiger partial charge in [-0.25, -0.2) is 0 Å². The Bertz CT molecular complexity index is 724. The summed E-state index contributed by atoms with van der Waals surface area (Å²) in [4.78, 5) is 18.8. The number of hydrogen-bond acceptors (Lipinski definition) is 4. The topological polar surface area (TPSA) is 65.5 Å². The Balaban J connectivity index is 1.61. The van der Waals surface area contributed by atoms with Gasteiger partial charge in [0.15, 0.2) is 0 Å². The van der Waals surface area contributed by atoms with Crippen LogP contribution in [0.15, 0.2) is 42.7 Å². The summed E-state index contributed by atoms with van der Waals surface area (Å²) in [6, 6.07) is 9.82. The molecule has 2 aromatic rings. The van der Waals surface area contributed by atoms with E-state index in [-0.39, 0.29) is 5.91 Å². The highest BCUT2D eigenvalue weighted by molar-refractivity contribution is 6.04. The van der Waals surface area contributed by atoms with E-state index in [1.807, 2.05) is 31.2 Å². The monoisotopic (exact) mass is 339 g/mol. The van der Waals surface area contributed by atoms with Crippen LogP contribution < -0.4 is 5.32 Å². The Kier molecular flexibility index (Phi) is 5.79. The molecule has 1 amide bonds. The lowest BCUT2D eigenvalue weighted by Gasteiger charge is -2.31. The van der Waals surface area contributed by atoms with Crippen molar-refractivity contribution in [3.05, 3.63) is 59.4 Å². The second-order valence-electron chi connectivity index (χ2n) is 6.81. The van der Waals surface area contributed by atoms with Gasteiger partial charge in [-0.15, -0.1) is 0 Å². The minimum absolute atomic E-state index is 0.142. The predicted molar refractivity (Wildman–Crippen MR) is 98.5 cm³/mol. The van der Waals surface area contributed by atoms with Crippen LogP contribution in [0.4, 0.5) is 5.69 Å². The molecule has 0 saturated carbocycles. The lowest BCUT2D eigenvalue weighted by molar-refractivity contribution is 0.102. The van der Waals surface area contributed by atoms with Crippen LogP contribution in [-0.4, -0.2) is 40.6 Å². The van der Waals surface area contributed by atoms with Crippen molar-refractivity contribution >= 4 is 11.6 Å². The number of nitrogens with one attached hydrogen (secondary N) is 1. The normalized spacial score (nSPS) is 15.9. The molecule has 1 saturated heterocycles. The predicted octanol–water partition coefficient (Wildman–Crippen LogP) is 2.85. The standard InChI is InChI=1S/C20H25N3O2/c1-15-9-18(12-21-11-15)20(25)22-19-4-2-3-17(10-19)13-23-7-5-16(14-24)6-8-23/h2-4,9-12,16,24H,5-8,13-14H2,1H3,(H,22,25). The van der Waals surface area contributed by atoms with Crippen molar-refractivity contribution in [2.24, 2.45) is 5.92 Å². The second kappa shape index (κ2) is 8.23. The van der Waals surface area contributed by atoms with Gasteiger partial charge in [0.2, 0.25) is 0 Å². The molecule has 0 radical (unpaired) electrons. The molecular formula is C20H25N3O2. The van der Waals surface area contributed by atoms with Crippen molar-refractivity contribution in [1.82, 2.24) is 9.88 Å². The molecule has 0 bridgehead atoms. The molecule has 1 fully saturated rings. The number of amides is 1. The molecule has 2 heterocycles. The number of nitrogens with zero attached hydrogens (tertiary/aromatic N) is 2. The van der Waals surface area contributed by atoms with Gasteiger partial charge in [0.05, 0.1) is 5.56 Å². The number of aryl methyl sites for hydroxylation is 1. The number of piperidine rings is 1. The largest absolute Gasteiger partial charge is 0.396 e. The molecule has 5 nitrogen and oxygen atoms in total. The number of hydrogen-bond donors (Lipinski definition) is 2. The number of aliphatic hydroxyl groups is 1. The maximum absolute atomic E-state index is 12.4. The molecule has 25 heavy (non-hydrogen) atoms. The van der Waals surface area contributed by atoms with Crippen LogP contribution in [0.3, 0.4) is 0 Å². The molecule has 1 aromatic carbocycles. The van der Waals surface area contributed by atoms with E-state index in [0.29, 0.717) is 18.1 Å². The van der Waals surface area contributed by atoms with Crippen LogP contribution >= 0.6 is 0 Å². The maximum atomic E-state index is 12.4. The number of carbonyl (C=O) groups excluding carboxylic acids is 1. The fraction of sp³-hybridized carbons (Fsp3) is 0.400. The third kappa shape index (κ3) is 4.87. The first-order valence-corrected chi connectivity index (χ1v) is 8.79. The van der Waals surface area contributed by atoms with Gasteiger partial charge < -0.3 is 10.4 Å². The van der Waals surface area contributed by atoms with Gasteiger partial charge in [0.1, 0.15) is 0 Å². The summed E-state index contributed by atoms with van der Waals surface area (Å²) in [6.07, 6.45) is 5.41. The van der Waals surface area contributed by atoms with Crippen molar-refractivity contribution in [3.8, 4) is 0 Å². The zero-order valence-electron chi connectivity index (χ0n) is 14.6. The molecule has 0 unspecified atom stereocenters. The number of carbonyl (C=O) groups is 1. The van der Waals surface area contributed by atoms with Gasteiger partial charge in [-0.2, -0.15) is 0 Å². The van der Waals surface area contributed by atoms with E-state index in [0.717, 1.165) is 43.7 Å². The average Bonchev–Trinajstić information content (AvgIpc) is 2.63. The summed E-state index contributed by atoms with van der Waals surface area (Å²) in [5.74, 6) is 0.307. The Labute approximate surface area is 148 Å². The Hall–Kier alpha value is -2.24. The van der Waals surface area contributed by atoms with Crippen LogP contribution in [0, 0.1) is 12.8 Å². The fourth-order valence-corrected chi connectivity index (χ4v) is 3.22. The third-order valence-electron chi connectivity index (χ3n) is 4.69. The highest BCUT2D eigenvalue weighted by atomic mass is 16.3. The molecule has 0 aliphatic carbocycles. The van der Waals surface area contributed by atoms with E-state index in [2.05, 4.69) is 21.3 Å². The first-order chi connectivity index (χ1) is 12.1. The summed E-state index contributed by atoms with van der Waals surface area (Å²) in [5, 5.41) is 12.2.